The van der Waals surface area contributed by atoms with Crippen molar-refractivity contribution in [1.29, 1.82) is 0 Å². The zero-order valence-electron chi connectivity index (χ0n) is 12.0. The molecule has 0 spiro atoms. The van der Waals surface area contributed by atoms with E-state index >= 15 is 0 Å². The lowest BCUT2D eigenvalue weighted by Gasteiger charge is -2.05. The number of aromatic nitrogens is 3. The first-order valence-corrected chi connectivity index (χ1v) is 7.00. The van der Waals surface area contributed by atoms with Crippen molar-refractivity contribution in [3.8, 4) is 5.69 Å². The van der Waals surface area contributed by atoms with Gasteiger partial charge in [0, 0.05) is 10.9 Å². The van der Waals surface area contributed by atoms with Crippen LogP contribution in [-0.2, 0) is 0 Å². The molecule has 2 aromatic heterocycles. The van der Waals surface area contributed by atoms with E-state index in [1.807, 2.05) is 54.6 Å². The minimum absolute atomic E-state index is 0.131. The molecule has 2 heterocycles. The van der Waals surface area contributed by atoms with Crippen molar-refractivity contribution in [2.24, 2.45) is 0 Å². The highest BCUT2D eigenvalue weighted by Gasteiger charge is 2.17. The molecule has 0 aliphatic rings. The van der Waals surface area contributed by atoms with Crippen molar-refractivity contribution in [3.05, 3.63) is 65.0 Å². The molecule has 0 saturated carbocycles. The van der Waals surface area contributed by atoms with Gasteiger partial charge in [-0.05, 0) is 18.2 Å². The summed E-state index contributed by atoms with van der Waals surface area (Å²) in [5, 5.41) is 5.97. The van der Waals surface area contributed by atoms with Gasteiger partial charge >= 0.3 is 0 Å². The molecule has 0 fully saturated rings. The maximum Gasteiger partial charge on any atom is 0.251 e. The van der Waals surface area contributed by atoms with Crippen LogP contribution in [0.2, 0.25) is 0 Å². The Morgan fingerprint density at radius 3 is 2.45 bits per heavy atom. The summed E-state index contributed by atoms with van der Waals surface area (Å²) >= 11 is 0. The van der Waals surface area contributed by atoms with E-state index in [4.69, 9.17) is 5.73 Å². The van der Waals surface area contributed by atoms with E-state index in [1.54, 1.807) is 17.1 Å². The van der Waals surface area contributed by atoms with Gasteiger partial charge in [0.2, 0.25) is 7.98 Å². The molecule has 0 aliphatic heterocycles. The second-order valence-corrected chi connectivity index (χ2v) is 5.24. The first kappa shape index (κ1) is 12.7. The third-order valence-corrected chi connectivity index (χ3v) is 3.96. The Morgan fingerprint density at radius 2 is 1.68 bits per heavy atom. The Balaban J connectivity index is 2.21. The number of nitrogen functional groups attached to an aromatic ring is 1. The lowest BCUT2D eigenvalue weighted by molar-refractivity contribution is 0.909. The van der Waals surface area contributed by atoms with Crippen LogP contribution in [0.4, 0.5) is 5.82 Å². The summed E-state index contributed by atoms with van der Waals surface area (Å²) in [6, 6.07) is 17.3. The highest BCUT2D eigenvalue weighted by Crippen LogP contribution is 2.26. The average Bonchev–Trinajstić information content (AvgIpc) is 2.91. The number of para-hydroxylation sites is 2. The minimum Gasteiger partial charge on any atom is -0.383 e. The number of anilines is 1. The maximum absolute atomic E-state index is 12.6. The van der Waals surface area contributed by atoms with Crippen molar-refractivity contribution in [3.63, 3.8) is 0 Å². The van der Waals surface area contributed by atoms with Gasteiger partial charge in [0.1, 0.15) is 16.7 Å². The standard InChI is InChI=1S/C16H13BN4O/c17-20-12-9-5-4-8-11(12)14-13(16(20)22)15(18)21(19-14)10-6-2-1-3-7-10/h1-9H,17-18H2. The molecule has 2 N–H and O–H groups in total. The predicted octanol–water partition coefficient (Wildman–Crippen LogP) is 1.32. The lowest BCUT2D eigenvalue weighted by atomic mass is 10.1. The Hall–Kier alpha value is -3.02. The summed E-state index contributed by atoms with van der Waals surface area (Å²) in [7, 11) is 1.75. The van der Waals surface area contributed by atoms with Crippen molar-refractivity contribution >= 4 is 35.6 Å². The molecule has 106 valence electrons. The van der Waals surface area contributed by atoms with Crippen LogP contribution in [0.1, 0.15) is 0 Å². The molecule has 0 unspecified atom stereocenters. The second-order valence-electron chi connectivity index (χ2n) is 5.24. The predicted molar refractivity (Wildman–Crippen MR) is 91.2 cm³/mol. The first-order chi connectivity index (χ1) is 10.7. The monoisotopic (exact) mass is 288 g/mol. The van der Waals surface area contributed by atoms with E-state index in [0.717, 1.165) is 16.6 Å². The van der Waals surface area contributed by atoms with Crippen LogP contribution in [0.3, 0.4) is 0 Å². The number of nitrogens with zero attached hydrogens (tertiary/aromatic N) is 3. The molecular formula is C16H13BN4O. The smallest absolute Gasteiger partial charge is 0.251 e. The fourth-order valence-electron chi connectivity index (χ4n) is 2.84. The van der Waals surface area contributed by atoms with Crippen molar-refractivity contribution in [1.82, 2.24) is 14.3 Å². The summed E-state index contributed by atoms with van der Waals surface area (Å²) in [5.41, 5.74) is 8.41. The quantitative estimate of drug-likeness (QED) is 0.537. The molecule has 22 heavy (non-hydrogen) atoms. The van der Waals surface area contributed by atoms with Crippen LogP contribution in [0.25, 0.3) is 27.5 Å². The van der Waals surface area contributed by atoms with E-state index in [0.29, 0.717) is 16.7 Å². The average molecular weight is 288 g/mol. The van der Waals surface area contributed by atoms with Crippen LogP contribution < -0.4 is 11.3 Å². The Labute approximate surface area is 127 Å². The molecule has 0 aliphatic carbocycles. The van der Waals surface area contributed by atoms with Crippen molar-refractivity contribution in [2.75, 3.05) is 5.73 Å². The van der Waals surface area contributed by atoms with Gasteiger partial charge in [-0.15, -0.1) is 0 Å². The third kappa shape index (κ3) is 1.61. The Kier molecular flexibility index (Phi) is 2.59. The third-order valence-electron chi connectivity index (χ3n) is 3.96. The number of hydrogen-bond acceptors (Lipinski definition) is 3. The zero-order chi connectivity index (χ0) is 15.3. The molecule has 0 atom stereocenters. The molecule has 6 heteroatoms. The summed E-state index contributed by atoms with van der Waals surface area (Å²) in [6.45, 7) is 0. The van der Waals surface area contributed by atoms with Gasteiger partial charge in [-0.1, -0.05) is 36.4 Å². The molecule has 0 bridgehead atoms. The maximum atomic E-state index is 12.6. The van der Waals surface area contributed by atoms with E-state index < -0.39 is 0 Å². The molecular weight excluding hydrogens is 275 g/mol. The van der Waals surface area contributed by atoms with Crippen molar-refractivity contribution in [2.45, 2.75) is 0 Å². The molecule has 5 nitrogen and oxygen atoms in total. The number of nitrogens with two attached hydrogens (primary N) is 1. The van der Waals surface area contributed by atoms with E-state index in [1.165, 1.54) is 0 Å². The Bertz CT molecular complexity index is 1070. The summed E-state index contributed by atoms with van der Waals surface area (Å²) in [5.74, 6) is 0.368. The highest BCUT2D eigenvalue weighted by atomic mass is 16.1. The number of rotatable bonds is 1. The number of pyridine rings is 1. The SMILES string of the molecule is Bn1c(=O)c2c(N)n(-c3ccccc3)nc2c2ccccc21. The summed E-state index contributed by atoms with van der Waals surface area (Å²) in [6.07, 6.45) is 0. The summed E-state index contributed by atoms with van der Waals surface area (Å²) in [4.78, 5) is 12.6. The molecule has 4 rings (SSSR count). The van der Waals surface area contributed by atoms with E-state index in [2.05, 4.69) is 5.10 Å². The van der Waals surface area contributed by atoms with Crippen LogP contribution in [0.5, 0.6) is 0 Å². The molecule has 4 aromatic rings. The van der Waals surface area contributed by atoms with Crippen LogP contribution in [0, 0.1) is 0 Å². The number of hydrogen-bond donors (Lipinski definition) is 1. The normalized spacial score (nSPS) is 11.3. The van der Waals surface area contributed by atoms with Gasteiger partial charge in [-0.3, -0.25) is 4.79 Å². The highest BCUT2D eigenvalue weighted by molar-refractivity contribution is 6.16. The van der Waals surface area contributed by atoms with E-state index in [9.17, 15) is 4.79 Å². The molecule has 2 aromatic carbocycles. The van der Waals surface area contributed by atoms with Gasteiger partial charge in [0.25, 0.3) is 5.56 Å². The van der Waals surface area contributed by atoms with Gasteiger partial charge in [0.05, 0.1) is 5.69 Å². The molecule has 0 saturated heterocycles. The van der Waals surface area contributed by atoms with Crippen molar-refractivity contribution < 1.29 is 0 Å². The van der Waals surface area contributed by atoms with Gasteiger partial charge in [-0.2, -0.15) is 5.10 Å². The van der Waals surface area contributed by atoms with Crippen LogP contribution >= 0.6 is 0 Å². The topological polar surface area (TPSA) is 65.8 Å². The van der Waals surface area contributed by atoms with Gasteiger partial charge in [0.15, 0.2) is 0 Å². The lowest BCUT2D eigenvalue weighted by Crippen LogP contribution is -2.19. The molecule has 0 amide bonds. The Morgan fingerprint density at radius 1 is 1.00 bits per heavy atom. The van der Waals surface area contributed by atoms with Crippen LogP contribution in [-0.4, -0.2) is 22.2 Å². The van der Waals surface area contributed by atoms with Gasteiger partial charge in [-0.25, -0.2) is 4.68 Å². The largest absolute Gasteiger partial charge is 0.383 e. The van der Waals surface area contributed by atoms with E-state index in [-0.39, 0.29) is 5.56 Å². The second kappa shape index (κ2) is 4.49. The fraction of sp³-hybridized carbons (Fsp3) is 0. The first-order valence-electron chi connectivity index (χ1n) is 7.00. The van der Waals surface area contributed by atoms with Crippen LogP contribution in [0.15, 0.2) is 59.4 Å². The number of benzene rings is 2. The summed E-state index contributed by atoms with van der Waals surface area (Å²) < 4.78 is 3.24. The minimum atomic E-state index is -0.131. The van der Waals surface area contributed by atoms with Gasteiger partial charge < -0.3 is 10.2 Å². The number of fused-ring (bicyclic) bond motifs is 3. The molecule has 0 radical (unpaired) electrons. The fourth-order valence-corrected chi connectivity index (χ4v) is 2.84. The zero-order valence-corrected chi connectivity index (χ0v) is 12.0.